The summed E-state index contributed by atoms with van der Waals surface area (Å²) >= 11 is 6.12. The molecule has 8 nitrogen and oxygen atoms in total. The predicted octanol–water partition coefficient (Wildman–Crippen LogP) is 5.86. The molecule has 5 rings (SSSR count). The maximum Gasteiger partial charge on any atom is 0.312 e. The number of fused-ring (bicyclic) bond motifs is 1. The van der Waals surface area contributed by atoms with Crippen molar-refractivity contribution in [2.75, 3.05) is 19.7 Å². The Morgan fingerprint density at radius 1 is 1.13 bits per heavy atom. The second-order valence-electron chi connectivity index (χ2n) is 10.3. The van der Waals surface area contributed by atoms with Gasteiger partial charge in [-0.2, -0.15) is 0 Å². The van der Waals surface area contributed by atoms with E-state index in [1.165, 1.54) is 12.1 Å². The van der Waals surface area contributed by atoms with Crippen LogP contribution in [0.25, 0.3) is 22.3 Å². The van der Waals surface area contributed by atoms with Crippen molar-refractivity contribution in [2.45, 2.75) is 32.7 Å². The number of nitrogens with zero attached hydrogens (tertiary/aromatic N) is 4. The molecule has 2 aromatic heterocycles. The Labute approximate surface area is 230 Å². The molecule has 1 N–H and O–H groups in total. The molecule has 0 saturated carbocycles. The van der Waals surface area contributed by atoms with E-state index < -0.39 is 17.2 Å². The van der Waals surface area contributed by atoms with E-state index in [1.54, 1.807) is 61.6 Å². The summed E-state index contributed by atoms with van der Waals surface area (Å²) in [6, 6.07) is 13.5. The molecule has 0 unspecified atom stereocenters. The van der Waals surface area contributed by atoms with Crippen molar-refractivity contribution in [3.05, 3.63) is 77.5 Å². The lowest BCUT2D eigenvalue weighted by Crippen LogP contribution is -2.39. The zero-order valence-corrected chi connectivity index (χ0v) is 22.4. The summed E-state index contributed by atoms with van der Waals surface area (Å²) in [5, 5.41) is 9.91. The molecule has 1 fully saturated rings. The third-order valence-corrected chi connectivity index (χ3v) is 7.31. The summed E-state index contributed by atoms with van der Waals surface area (Å²) in [6.45, 7) is 4.06. The van der Waals surface area contributed by atoms with E-state index in [1.807, 2.05) is 10.6 Å². The van der Waals surface area contributed by atoms with Crippen LogP contribution in [-0.2, 0) is 4.79 Å². The van der Waals surface area contributed by atoms with Gasteiger partial charge < -0.3 is 19.3 Å². The fourth-order valence-corrected chi connectivity index (χ4v) is 4.86. The van der Waals surface area contributed by atoms with Gasteiger partial charge in [0.25, 0.3) is 5.91 Å². The number of rotatable bonds is 7. The molecular weight excluding hydrogens is 523 g/mol. The average Bonchev–Trinajstić information content (AvgIpc) is 3.35. The fourth-order valence-electron chi connectivity index (χ4n) is 4.71. The second kappa shape index (κ2) is 10.6. The molecule has 2 aromatic carbocycles. The normalized spacial score (nSPS) is 14.5. The number of amides is 1. The van der Waals surface area contributed by atoms with Crippen molar-refractivity contribution < 1.29 is 23.8 Å². The first-order valence-electron chi connectivity index (χ1n) is 12.7. The summed E-state index contributed by atoms with van der Waals surface area (Å²) in [6.07, 6.45) is 4.70. The van der Waals surface area contributed by atoms with Gasteiger partial charge in [-0.3, -0.25) is 9.59 Å². The number of hydrogen-bond donors (Lipinski definition) is 1. The Kier molecular flexibility index (Phi) is 7.27. The summed E-state index contributed by atoms with van der Waals surface area (Å²) < 4.78 is 23.1. The molecule has 3 heterocycles. The van der Waals surface area contributed by atoms with E-state index in [2.05, 4.69) is 9.97 Å². The van der Waals surface area contributed by atoms with Crippen LogP contribution in [0, 0.1) is 11.2 Å². The van der Waals surface area contributed by atoms with Gasteiger partial charge in [0, 0.05) is 30.9 Å². The number of carbonyl (C=O) groups excluding carboxylic acids is 1. The van der Waals surface area contributed by atoms with Gasteiger partial charge in [-0.25, -0.2) is 14.4 Å². The standard InChI is InChI=1S/C29H28ClFN4O4/c1-29(2,28(37)38)16-39-25-6-4-3-5-21(25)18-7-8-22(23(31)13-18)27(36)34-11-9-20(10-12-34)35-17-33-26-24(35)14-19(30)15-32-26/h3-8,13-15,17,20H,9-12,16H2,1-2H3,(H,37,38). The number of carboxylic acids is 1. The van der Waals surface area contributed by atoms with Gasteiger partial charge in [0.15, 0.2) is 5.65 Å². The van der Waals surface area contributed by atoms with Crippen LogP contribution in [0.5, 0.6) is 5.75 Å². The maximum atomic E-state index is 15.3. The number of para-hydroxylation sites is 1. The van der Waals surface area contributed by atoms with E-state index in [0.717, 1.165) is 5.52 Å². The zero-order valence-electron chi connectivity index (χ0n) is 21.6. The topological polar surface area (TPSA) is 97.5 Å². The highest BCUT2D eigenvalue weighted by Gasteiger charge is 2.29. The molecule has 0 radical (unpaired) electrons. The fraction of sp³-hybridized carbons (Fsp3) is 0.310. The molecule has 0 aliphatic carbocycles. The highest BCUT2D eigenvalue weighted by molar-refractivity contribution is 6.31. The maximum absolute atomic E-state index is 15.3. The first kappa shape index (κ1) is 26.6. The lowest BCUT2D eigenvalue weighted by Gasteiger charge is -2.33. The predicted molar refractivity (Wildman–Crippen MR) is 145 cm³/mol. The SMILES string of the molecule is CC(C)(COc1ccccc1-c1ccc(C(=O)N2CCC(n3cnc4ncc(Cl)cc43)CC2)c(F)c1)C(=O)O. The number of carbonyl (C=O) groups is 2. The Morgan fingerprint density at radius 2 is 1.87 bits per heavy atom. The van der Waals surface area contributed by atoms with E-state index in [0.29, 0.717) is 53.5 Å². The van der Waals surface area contributed by atoms with Gasteiger partial charge in [0.05, 0.1) is 27.8 Å². The Hall–Kier alpha value is -3.98. The zero-order chi connectivity index (χ0) is 27.7. The van der Waals surface area contributed by atoms with Crippen LogP contribution >= 0.6 is 11.6 Å². The molecule has 0 atom stereocenters. The van der Waals surface area contributed by atoms with Gasteiger partial charge in [0.1, 0.15) is 18.2 Å². The number of ether oxygens (including phenoxy) is 1. The number of piperidine rings is 1. The van der Waals surface area contributed by atoms with Crippen molar-refractivity contribution in [1.82, 2.24) is 19.4 Å². The van der Waals surface area contributed by atoms with Gasteiger partial charge >= 0.3 is 5.97 Å². The number of carboxylic acid groups (broad SMARTS) is 1. The molecule has 1 saturated heterocycles. The third-order valence-electron chi connectivity index (χ3n) is 7.11. The molecule has 39 heavy (non-hydrogen) atoms. The summed E-state index contributed by atoms with van der Waals surface area (Å²) in [4.78, 5) is 34.9. The van der Waals surface area contributed by atoms with Crippen LogP contribution < -0.4 is 4.74 Å². The molecular formula is C29H28ClFN4O4. The van der Waals surface area contributed by atoms with Crippen LogP contribution in [0.15, 0.2) is 61.1 Å². The Bertz CT molecular complexity index is 1550. The highest BCUT2D eigenvalue weighted by atomic mass is 35.5. The highest BCUT2D eigenvalue weighted by Crippen LogP contribution is 2.33. The first-order chi connectivity index (χ1) is 18.6. The van der Waals surface area contributed by atoms with Crippen molar-refractivity contribution >= 4 is 34.6 Å². The molecule has 4 aromatic rings. The quantitative estimate of drug-likeness (QED) is 0.310. The Morgan fingerprint density at radius 3 is 2.59 bits per heavy atom. The van der Waals surface area contributed by atoms with Crippen LogP contribution in [0.1, 0.15) is 43.1 Å². The van der Waals surface area contributed by atoms with Crippen molar-refractivity contribution in [1.29, 1.82) is 0 Å². The van der Waals surface area contributed by atoms with Gasteiger partial charge in [-0.05, 0) is 56.5 Å². The lowest BCUT2D eigenvalue weighted by molar-refractivity contribution is -0.148. The molecule has 10 heteroatoms. The number of likely N-dealkylation sites (tertiary alicyclic amines) is 1. The largest absolute Gasteiger partial charge is 0.492 e. The minimum atomic E-state index is -1.09. The summed E-state index contributed by atoms with van der Waals surface area (Å²) in [7, 11) is 0. The van der Waals surface area contributed by atoms with Crippen molar-refractivity contribution in [2.24, 2.45) is 5.41 Å². The number of aliphatic carboxylic acids is 1. The van der Waals surface area contributed by atoms with Gasteiger partial charge in [-0.1, -0.05) is 35.9 Å². The molecule has 0 spiro atoms. The number of imidazole rings is 1. The van der Waals surface area contributed by atoms with E-state index in [9.17, 15) is 14.7 Å². The monoisotopic (exact) mass is 550 g/mol. The van der Waals surface area contributed by atoms with Crippen LogP contribution in [-0.4, -0.2) is 56.1 Å². The minimum absolute atomic E-state index is 0.00618. The summed E-state index contributed by atoms with van der Waals surface area (Å²) in [5.41, 5.74) is 1.54. The molecule has 1 amide bonds. The van der Waals surface area contributed by atoms with Crippen molar-refractivity contribution in [3.8, 4) is 16.9 Å². The number of benzene rings is 2. The number of halogens is 2. The average molecular weight is 551 g/mol. The lowest BCUT2D eigenvalue weighted by atomic mass is 9.95. The van der Waals surface area contributed by atoms with Crippen LogP contribution in [0.2, 0.25) is 5.02 Å². The second-order valence-corrected chi connectivity index (χ2v) is 10.8. The first-order valence-corrected chi connectivity index (χ1v) is 13.0. The van der Waals surface area contributed by atoms with Gasteiger partial charge in [-0.15, -0.1) is 0 Å². The van der Waals surface area contributed by atoms with Gasteiger partial charge in [0.2, 0.25) is 0 Å². The third kappa shape index (κ3) is 5.45. The molecule has 1 aliphatic rings. The van der Waals surface area contributed by atoms with Crippen LogP contribution in [0.3, 0.4) is 0 Å². The van der Waals surface area contributed by atoms with E-state index in [-0.39, 0.29) is 24.1 Å². The van der Waals surface area contributed by atoms with Crippen molar-refractivity contribution in [3.63, 3.8) is 0 Å². The van der Waals surface area contributed by atoms with E-state index >= 15 is 4.39 Å². The Balaban J connectivity index is 1.28. The smallest absolute Gasteiger partial charge is 0.312 e. The van der Waals surface area contributed by atoms with E-state index in [4.69, 9.17) is 16.3 Å². The minimum Gasteiger partial charge on any atom is -0.492 e. The molecule has 202 valence electrons. The number of hydrogen-bond acceptors (Lipinski definition) is 5. The number of aromatic nitrogens is 3. The molecule has 0 bridgehead atoms. The number of pyridine rings is 1. The molecule has 1 aliphatic heterocycles. The van der Waals surface area contributed by atoms with Crippen LogP contribution in [0.4, 0.5) is 4.39 Å². The summed E-state index contributed by atoms with van der Waals surface area (Å²) in [5.74, 6) is -1.51.